The molecule has 15 heavy (non-hydrogen) atoms. The number of nitrogens with two attached hydrogens (primary N) is 1. The Labute approximate surface area is 89.5 Å². The zero-order valence-electron chi connectivity index (χ0n) is 7.90. The van der Waals surface area contributed by atoms with Crippen LogP contribution >= 0.6 is 11.3 Å². The number of nitrogen functional groups attached to an aromatic ring is 1. The van der Waals surface area contributed by atoms with E-state index in [1.54, 1.807) is 6.07 Å². The summed E-state index contributed by atoms with van der Waals surface area (Å²) in [4.78, 5) is 0. The van der Waals surface area contributed by atoms with Gasteiger partial charge in [-0.15, -0.1) is 10.2 Å². The molecule has 2 N–H and O–H groups in total. The van der Waals surface area contributed by atoms with Crippen molar-refractivity contribution in [1.29, 1.82) is 0 Å². The second-order valence-electron chi connectivity index (χ2n) is 2.79. The van der Waals surface area contributed by atoms with Crippen LogP contribution in [0.4, 0.5) is 9.52 Å². The van der Waals surface area contributed by atoms with Gasteiger partial charge >= 0.3 is 0 Å². The molecule has 0 aliphatic heterocycles. The third-order valence-electron chi connectivity index (χ3n) is 1.83. The van der Waals surface area contributed by atoms with Gasteiger partial charge in [-0.25, -0.2) is 4.39 Å². The van der Waals surface area contributed by atoms with E-state index >= 15 is 0 Å². The molecule has 0 fully saturated rings. The molecule has 0 spiro atoms. The van der Waals surface area contributed by atoms with Crippen LogP contribution in [0.5, 0.6) is 5.75 Å². The zero-order valence-corrected chi connectivity index (χ0v) is 8.71. The fraction of sp³-hybridized carbons (Fsp3) is 0.111. The quantitative estimate of drug-likeness (QED) is 0.848. The first kappa shape index (κ1) is 9.85. The highest BCUT2D eigenvalue weighted by Gasteiger charge is 2.11. The average Bonchev–Trinajstić information content (AvgIpc) is 2.65. The number of nitrogens with zero attached hydrogens (tertiary/aromatic N) is 2. The molecule has 0 unspecified atom stereocenters. The van der Waals surface area contributed by atoms with E-state index in [1.807, 2.05) is 0 Å². The third kappa shape index (κ3) is 1.89. The fourth-order valence-electron chi connectivity index (χ4n) is 1.19. The number of halogens is 1. The molecule has 6 heteroatoms. The molecule has 0 saturated heterocycles. The molecular weight excluding hydrogens is 217 g/mol. The highest BCUT2D eigenvalue weighted by molar-refractivity contribution is 7.18. The molecule has 78 valence electrons. The van der Waals surface area contributed by atoms with Crippen molar-refractivity contribution in [1.82, 2.24) is 10.2 Å². The number of aromatic nitrogens is 2. The van der Waals surface area contributed by atoms with E-state index in [-0.39, 0.29) is 5.82 Å². The van der Waals surface area contributed by atoms with Crippen molar-refractivity contribution in [3.05, 3.63) is 24.0 Å². The molecule has 0 aliphatic rings. The zero-order chi connectivity index (χ0) is 10.8. The van der Waals surface area contributed by atoms with E-state index in [0.29, 0.717) is 21.5 Å². The van der Waals surface area contributed by atoms with Gasteiger partial charge in [0.1, 0.15) is 11.6 Å². The fourth-order valence-corrected chi connectivity index (χ4v) is 1.82. The molecular formula is C9H8FN3OS. The average molecular weight is 225 g/mol. The Morgan fingerprint density at radius 1 is 1.40 bits per heavy atom. The second-order valence-corrected chi connectivity index (χ2v) is 3.80. The Kier molecular flexibility index (Phi) is 2.51. The third-order valence-corrected chi connectivity index (χ3v) is 2.62. The minimum absolute atomic E-state index is 0.344. The summed E-state index contributed by atoms with van der Waals surface area (Å²) in [5, 5.41) is 8.39. The van der Waals surface area contributed by atoms with Crippen LogP contribution in [-0.2, 0) is 0 Å². The van der Waals surface area contributed by atoms with Crippen molar-refractivity contribution in [3.63, 3.8) is 0 Å². The van der Waals surface area contributed by atoms with Gasteiger partial charge in [0, 0.05) is 0 Å². The number of benzene rings is 1. The van der Waals surface area contributed by atoms with E-state index in [0.717, 1.165) is 0 Å². The van der Waals surface area contributed by atoms with Crippen LogP contribution < -0.4 is 10.5 Å². The molecule has 0 saturated carbocycles. The summed E-state index contributed by atoms with van der Waals surface area (Å²) in [7, 11) is 1.52. The predicted molar refractivity (Wildman–Crippen MR) is 56.3 cm³/mol. The van der Waals surface area contributed by atoms with Crippen LogP contribution in [-0.4, -0.2) is 17.3 Å². The summed E-state index contributed by atoms with van der Waals surface area (Å²) in [5.41, 5.74) is 6.02. The largest absolute Gasteiger partial charge is 0.496 e. The van der Waals surface area contributed by atoms with Crippen LogP contribution in [0.3, 0.4) is 0 Å². The topological polar surface area (TPSA) is 61.0 Å². The Morgan fingerprint density at radius 3 is 2.80 bits per heavy atom. The van der Waals surface area contributed by atoms with Gasteiger partial charge in [-0.2, -0.15) is 0 Å². The van der Waals surface area contributed by atoms with Crippen LogP contribution in [0.25, 0.3) is 10.6 Å². The van der Waals surface area contributed by atoms with E-state index < -0.39 is 0 Å². The molecule has 2 rings (SSSR count). The standard InChI is InChI=1S/C9H8FN3OS/c1-14-7-3-2-5(10)4-6(7)8-12-13-9(11)15-8/h2-4H,1H3,(H2,11,13). The minimum atomic E-state index is -0.348. The Bertz CT molecular complexity index is 486. The molecule has 0 atom stereocenters. The van der Waals surface area contributed by atoms with E-state index in [2.05, 4.69) is 10.2 Å². The normalized spacial score (nSPS) is 10.3. The molecule has 0 bridgehead atoms. The minimum Gasteiger partial charge on any atom is -0.496 e. The van der Waals surface area contributed by atoms with Crippen LogP contribution in [0.15, 0.2) is 18.2 Å². The van der Waals surface area contributed by atoms with Crippen LogP contribution in [0, 0.1) is 5.82 Å². The number of methoxy groups -OCH3 is 1. The summed E-state index contributed by atoms with van der Waals surface area (Å²) in [6.07, 6.45) is 0. The van der Waals surface area contributed by atoms with Gasteiger partial charge in [-0.1, -0.05) is 11.3 Å². The lowest BCUT2D eigenvalue weighted by Gasteiger charge is -2.04. The lowest BCUT2D eigenvalue weighted by atomic mass is 10.2. The highest BCUT2D eigenvalue weighted by Crippen LogP contribution is 2.33. The first-order chi connectivity index (χ1) is 7.20. The molecule has 0 radical (unpaired) electrons. The van der Waals surface area contributed by atoms with Gasteiger partial charge < -0.3 is 10.5 Å². The van der Waals surface area contributed by atoms with Gasteiger partial charge in [-0.05, 0) is 18.2 Å². The monoisotopic (exact) mass is 225 g/mol. The summed E-state index contributed by atoms with van der Waals surface area (Å²) in [6, 6.07) is 4.22. The number of hydrogen-bond donors (Lipinski definition) is 1. The molecule has 4 nitrogen and oxygen atoms in total. The Balaban J connectivity index is 2.55. The van der Waals surface area contributed by atoms with E-state index in [1.165, 1.54) is 30.6 Å². The SMILES string of the molecule is COc1ccc(F)cc1-c1nnc(N)s1. The molecule has 1 heterocycles. The summed E-state index contributed by atoms with van der Waals surface area (Å²) in [5.74, 6) is 0.201. The molecule has 0 aliphatic carbocycles. The smallest absolute Gasteiger partial charge is 0.203 e. The summed E-state index contributed by atoms with van der Waals surface area (Å²) >= 11 is 1.19. The van der Waals surface area contributed by atoms with Gasteiger partial charge in [0.05, 0.1) is 12.7 Å². The predicted octanol–water partition coefficient (Wildman–Crippen LogP) is 1.94. The van der Waals surface area contributed by atoms with Crippen LogP contribution in [0.2, 0.25) is 0 Å². The molecule has 2 aromatic rings. The highest BCUT2D eigenvalue weighted by atomic mass is 32.1. The second kappa shape index (κ2) is 3.82. The van der Waals surface area contributed by atoms with Gasteiger partial charge in [0.2, 0.25) is 5.13 Å². The lowest BCUT2D eigenvalue weighted by Crippen LogP contribution is -1.88. The van der Waals surface area contributed by atoms with E-state index in [9.17, 15) is 4.39 Å². The van der Waals surface area contributed by atoms with Crippen molar-refractivity contribution in [2.24, 2.45) is 0 Å². The van der Waals surface area contributed by atoms with Crippen molar-refractivity contribution in [3.8, 4) is 16.3 Å². The van der Waals surface area contributed by atoms with Gasteiger partial charge in [0.15, 0.2) is 5.01 Å². The Morgan fingerprint density at radius 2 is 2.20 bits per heavy atom. The summed E-state index contributed by atoms with van der Waals surface area (Å²) < 4.78 is 18.1. The van der Waals surface area contributed by atoms with Gasteiger partial charge in [0.25, 0.3) is 0 Å². The molecule has 1 aromatic carbocycles. The number of anilines is 1. The number of rotatable bonds is 2. The summed E-state index contributed by atoms with van der Waals surface area (Å²) in [6.45, 7) is 0. The maximum Gasteiger partial charge on any atom is 0.203 e. The molecule has 0 amide bonds. The first-order valence-electron chi connectivity index (χ1n) is 4.13. The van der Waals surface area contributed by atoms with Crippen molar-refractivity contribution < 1.29 is 9.13 Å². The number of hydrogen-bond acceptors (Lipinski definition) is 5. The molecule has 1 aromatic heterocycles. The van der Waals surface area contributed by atoms with Crippen molar-refractivity contribution >= 4 is 16.5 Å². The maximum absolute atomic E-state index is 13.0. The Hall–Kier alpha value is -1.69. The maximum atomic E-state index is 13.0. The van der Waals surface area contributed by atoms with Crippen molar-refractivity contribution in [2.45, 2.75) is 0 Å². The van der Waals surface area contributed by atoms with Crippen molar-refractivity contribution in [2.75, 3.05) is 12.8 Å². The van der Waals surface area contributed by atoms with Gasteiger partial charge in [-0.3, -0.25) is 0 Å². The van der Waals surface area contributed by atoms with E-state index in [4.69, 9.17) is 10.5 Å². The number of ether oxygens (including phenoxy) is 1. The van der Waals surface area contributed by atoms with Crippen LogP contribution in [0.1, 0.15) is 0 Å². The lowest BCUT2D eigenvalue weighted by molar-refractivity contribution is 0.415. The first-order valence-corrected chi connectivity index (χ1v) is 4.95.